The lowest BCUT2D eigenvalue weighted by Crippen LogP contribution is -2.30. The highest BCUT2D eigenvalue weighted by atomic mass is 32.2. The van der Waals surface area contributed by atoms with Crippen LogP contribution in [0, 0.1) is 0 Å². The molecule has 0 amide bonds. The molecular formula is C20H22N4O2S. The first-order chi connectivity index (χ1) is 13.0. The van der Waals surface area contributed by atoms with E-state index in [-0.39, 0.29) is 6.54 Å². The number of hydrogen-bond acceptors (Lipinski definition) is 4. The summed E-state index contributed by atoms with van der Waals surface area (Å²) in [6, 6.07) is 13.3. The van der Waals surface area contributed by atoms with E-state index in [2.05, 4.69) is 21.7 Å². The zero-order valence-electron chi connectivity index (χ0n) is 15.2. The van der Waals surface area contributed by atoms with Crippen molar-refractivity contribution in [1.29, 1.82) is 0 Å². The second-order valence-corrected chi connectivity index (χ2v) is 8.58. The smallest absolute Gasteiger partial charge is 0.241 e. The average Bonchev–Trinajstić information content (AvgIpc) is 3.21. The van der Waals surface area contributed by atoms with E-state index in [9.17, 15) is 8.42 Å². The quantitative estimate of drug-likeness (QED) is 0.736. The zero-order valence-corrected chi connectivity index (χ0v) is 16.0. The maximum absolute atomic E-state index is 12.9. The van der Waals surface area contributed by atoms with Gasteiger partial charge in [0.25, 0.3) is 0 Å². The second kappa shape index (κ2) is 7.26. The van der Waals surface area contributed by atoms with Crippen molar-refractivity contribution in [3.05, 3.63) is 77.9 Å². The molecule has 0 bridgehead atoms. The van der Waals surface area contributed by atoms with Crippen LogP contribution in [0.1, 0.15) is 16.7 Å². The van der Waals surface area contributed by atoms with Gasteiger partial charge in [-0.25, -0.2) is 18.1 Å². The standard InChI is InChI=1S/C20H22N4O2S/c1-23-11-9-19-17(14-23)3-2-4-20(19)27(25,26)22-13-16-5-7-18(8-6-16)24-12-10-21-15-24/h2-8,10,12,15,22H,9,11,13-14H2,1H3. The molecule has 1 aromatic heterocycles. The topological polar surface area (TPSA) is 67.2 Å². The number of fused-ring (bicyclic) bond motifs is 1. The lowest BCUT2D eigenvalue weighted by molar-refractivity contribution is 0.311. The molecule has 0 unspecified atom stereocenters. The molecular weight excluding hydrogens is 360 g/mol. The zero-order chi connectivity index (χ0) is 18.9. The van der Waals surface area contributed by atoms with Crippen molar-refractivity contribution >= 4 is 10.0 Å². The highest BCUT2D eigenvalue weighted by Gasteiger charge is 2.23. The minimum Gasteiger partial charge on any atom is -0.306 e. The van der Waals surface area contributed by atoms with E-state index in [4.69, 9.17) is 0 Å². The lowest BCUT2D eigenvalue weighted by atomic mass is 10.0. The van der Waals surface area contributed by atoms with E-state index in [1.807, 2.05) is 47.2 Å². The molecule has 7 heteroatoms. The third-order valence-electron chi connectivity index (χ3n) is 4.91. The molecule has 0 radical (unpaired) electrons. The van der Waals surface area contributed by atoms with Gasteiger partial charge in [0, 0.05) is 37.7 Å². The van der Waals surface area contributed by atoms with Crippen molar-refractivity contribution in [3.63, 3.8) is 0 Å². The molecule has 0 saturated carbocycles. The summed E-state index contributed by atoms with van der Waals surface area (Å²) in [4.78, 5) is 6.64. The predicted octanol–water partition coefficient (Wildman–Crippen LogP) is 2.34. The number of sulfonamides is 1. The van der Waals surface area contributed by atoms with Crippen LogP contribution in [0.2, 0.25) is 0 Å². The van der Waals surface area contributed by atoms with Crippen molar-refractivity contribution in [1.82, 2.24) is 19.2 Å². The first kappa shape index (κ1) is 17.9. The molecule has 3 aromatic rings. The van der Waals surface area contributed by atoms with Crippen LogP contribution in [-0.2, 0) is 29.5 Å². The van der Waals surface area contributed by atoms with Gasteiger partial charge in [-0.3, -0.25) is 0 Å². The number of hydrogen-bond donors (Lipinski definition) is 1. The third-order valence-corrected chi connectivity index (χ3v) is 6.39. The van der Waals surface area contributed by atoms with Gasteiger partial charge in [0.15, 0.2) is 0 Å². The lowest BCUT2D eigenvalue weighted by Gasteiger charge is -2.26. The summed E-state index contributed by atoms with van der Waals surface area (Å²) in [7, 11) is -1.50. The highest BCUT2D eigenvalue weighted by Crippen LogP contribution is 2.25. The predicted molar refractivity (Wildman–Crippen MR) is 104 cm³/mol. The van der Waals surface area contributed by atoms with Crippen LogP contribution in [0.15, 0.2) is 66.1 Å². The number of nitrogens with zero attached hydrogens (tertiary/aromatic N) is 3. The van der Waals surface area contributed by atoms with E-state index < -0.39 is 10.0 Å². The van der Waals surface area contributed by atoms with Crippen LogP contribution in [0.3, 0.4) is 0 Å². The SMILES string of the molecule is CN1CCc2c(cccc2S(=O)(=O)NCc2ccc(-n3ccnc3)cc2)C1. The third kappa shape index (κ3) is 3.80. The molecule has 0 atom stereocenters. The molecule has 1 N–H and O–H groups in total. The Morgan fingerprint density at radius 2 is 1.96 bits per heavy atom. The molecule has 1 aliphatic heterocycles. The van der Waals surface area contributed by atoms with Crippen LogP contribution in [-0.4, -0.2) is 36.5 Å². The van der Waals surface area contributed by atoms with Gasteiger partial charge in [0.1, 0.15) is 0 Å². The first-order valence-corrected chi connectivity index (χ1v) is 10.4. The molecule has 0 saturated heterocycles. The van der Waals surface area contributed by atoms with Gasteiger partial charge in [0.2, 0.25) is 10.0 Å². The van der Waals surface area contributed by atoms with Crippen molar-refractivity contribution in [2.45, 2.75) is 24.4 Å². The molecule has 2 heterocycles. The monoisotopic (exact) mass is 382 g/mol. The molecule has 0 aliphatic carbocycles. The molecule has 0 fully saturated rings. The fourth-order valence-electron chi connectivity index (χ4n) is 3.42. The van der Waals surface area contributed by atoms with Gasteiger partial charge in [-0.1, -0.05) is 24.3 Å². The maximum atomic E-state index is 12.9. The minimum atomic E-state index is -3.55. The Morgan fingerprint density at radius 1 is 1.15 bits per heavy atom. The molecule has 27 heavy (non-hydrogen) atoms. The minimum absolute atomic E-state index is 0.260. The van der Waals surface area contributed by atoms with E-state index in [1.165, 1.54) is 0 Å². The van der Waals surface area contributed by atoms with Gasteiger partial charge in [0.05, 0.1) is 11.2 Å². The van der Waals surface area contributed by atoms with Gasteiger partial charge in [-0.2, -0.15) is 0 Å². The van der Waals surface area contributed by atoms with E-state index in [1.54, 1.807) is 18.6 Å². The Kier molecular flexibility index (Phi) is 4.82. The van der Waals surface area contributed by atoms with Gasteiger partial charge < -0.3 is 9.47 Å². The summed E-state index contributed by atoms with van der Waals surface area (Å²) in [5.74, 6) is 0. The number of nitrogens with one attached hydrogen (secondary N) is 1. The first-order valence-electron chi connectivity index (χ1n) is 8.89. The number of aromatic nitrogens is 2. The van der Waals surface area contributed by atoms with Crippen molar-refractivity contribution < 1.29 is 8.42 Å². The Bertz CT molecular complexity index is 1030. The van der Waals surface area contributed by atoms with Crippen LogP contribution >= 0.6 is 0 Å². The summed E-state index contributed by atoms with van der Waals surface area (Å²) in [6.45, 7) is 1.92. The fraction of sp³-hybridized carbons (Fsp3) is 0.250. The fourth-order valence-corrected chi connectivity index (χ4v) is 4.75. The summed E-state index contributed by atoms with van der Waals surface area (Å²) >= 11 is 0. The number of imidazole rings is 1. The van der Waals surface area contributed by atoms with Crippen LogP contribution < -0.4 is 4.72 Å². The Morgan fingerprint density at radius 3 is 2.70 bits per heavy atom. The van der Waals surface area contributed by atoms with Crippen molar-refractivity contribution in [3.8, 4) is 5.69 Å². The Labute approximate surface area is 159 Å². The molecule has 4 rings (SSSR count). The van der Waals surface area contributed by atoms with Gasteiger partial charge in [-0.15, -0.1) is 0 Å². The largest absolute Gasteiger partial charge is 0.306 e. The van der Waals surface area contributed by atoms with Crippen LogP contribution in [0.25, 0.3) is 5.69 Å². The number of likely N-dealkylation sites (N-methyl/N-ethyl adjacent to an activating group) is 1. The number of benzene rings is 2. The highest BCUT2D eigenvalue weighted by molar-refractivity contribution is 7.89. The van der Waals surface area contributed by atoms with E-state index in [0.29, 0.717) is 4.90 Å². The maximum Gasteiger partial charge on any atom is 0.241 e. The summed E-state index contributed by atoms with van der Waals surface area (Å²) in [5.41, 5.74) is 3.93. The van der Waals surface area contributed by atoms with Crippen LogP contribution in [0.5, 0.6) is 0 Å². The molecule has 6 nitrogen and oxygen atoms in total. The van der Waals surface area contributed by atoms with E-state index >= 15 is 0 Å². The van der Waals surface area contributed by atoms with Gasteiger partial charge >= 0.3 is 0 Å². The van der Waals surface area contributed by atoms with Crippen molar-refractivity contribution in [2.75, 3.05) is 13.6 Å². The Hall–Kier alpha value is -2.48. The average molecular weight is 382 g/mol. The second-order valence-electron chi connectivity index (χ2n) is 6.84. The molecule has 140 valence electrons. The normalized spacial score (nSPS) is 14.9. The molecule has 0 spiro atoms. The van der Waals surface area contributed by atoms with E-state index in [0.717, 1.165) is 41.9 Å². The number of rotatable bonds is 5. The Balaban J connectivity index is 1.50. The van der Waals surface area contributed by atoms with Gasteiger partial charge in [-0.05, 0) is 48.4 Å². The molecule has 1 aliphatic rings. The van der Waals surface area contributed by atoms with Crippen LogP contribution in [0.4, 0.5) is 0 Å². The molecule has 2 aromatic carbocycles. The summed E-state index contributed by atoms with van der Waals surface area (Å²) < 4.78 is 30.4. The summed E-state index contributed by atoms with van der Waals surface area (Å²) in [6.07, 6.45) is 6.07. The summed E-state index contributed by atoms with van der Waals surface area (Å²) in [5, 5.41) is 0. The van der Waals surface area contributed by atoms with Crippen molar-refractivity contribution in [2.24, 2.45) is 0 Å².